The molecule has 2 rings (SSSR count). The molecule has 0 spiro atoms. The van der Waals surface area contributed by atoms with E-state index in [4.69, 9.17) is 16.3 Å². The summed E-state index contributed by atoms with van der Waals surface area (Å²) in [5.74, 6) is -0.829. The molecule has 1 aromatic heterocycles. The van der Waals surface area contributed by atoms with E-state index < -0.39 is 5.97 Å². The minimum atomic E-state index is -0.465. The van der Waals surface area contributed by atoms with Crippen molar-refractivity contribution >= 4 is 35.2 Å². The number of esters is 1. The van der Waals surface area contributed by atoms with Crippen molar-refractivity contribution in [2.24, 2.45) is 0 Å². The topological polar surface area (TPSA) is 72.4 Å². The van der Waals surface area contributed by atoms with E-state index >= 15 is 0 Å². The summed E-state index contributed by atoms with van der Waals surface area (Å²) in [7, 11) is 0. The zero-order chi connectivity index (χ0) is 15.9. The second-order valence-electron chi connectivity index (χ2n) is 4.39. The number of hydrogen-bond acceptors (Lipinski definition) is 6. The van der Waals surface area contributed by atoms with Crippen molar-refractivity contribution in [3.63, 3.8) is 0 Å². The number of hydrogen-bond donors (Lipinski definition) is 0. The highest BCUT2D eigenvalue weighted by Gasteiger charge is 2.21. The van der Waals surface area contributed by atoms with Gasteiger partial charge in [-0.2, -0.15) is 8.75 Å². The number of carbonyl (C=O) groups excluding carboxylic acids is 2. The fourth-order valence-electron chi connectivity index (χ4n) is 1.79. The molecule has 1 aromatic carbocycles. The largest absolute Gasteiger partial charge is 0.465 e. The molecule has 0 aliphatic carbocycles. The van der Waals surface area contributed by atoms with Gasteiger partial charge in [0.05, 0.1) is 24.5 Å². The first kappa shape index (κ1) is 16.4. The van der Waals surface area contributed by atoms with Gasteiger partial charge in [0.15, 0.2) is 5.69 Å². The summed E-state index contributed by atoms with van der Waals surface area (Å²) >= 11 is 6.79. The Morgan fingerprint density at radius 1 is 1.32 bits per heavy atom. The van der Waals surface area contributed by atoms with Gasteiger partial charge in [-0.25, -0.2) is 0 Å². The van der Waals surface area contributed by atoms with E-state index in [9.17, 15) is 9.59 Å². The van der Waals surface area contributed by atoms with Gasteiger partial charge in [-0.3, -0.25) is 9.59 Å². The molecular formula is C14H14ClN3O3S. The molecule has 0 aliphatic rings. The first-order valence-electron chi connectivity index (χ1n) is 6.57. The van der Waals surface area contributed by atoms with Crippen molar-refractivity contribution in [2.45, 2.75) is 13.5 Å². The van der Waals surface area contributed by atoms with Crippen LogP contribution in [0.4, 0.5) is 0 Å². The first-order chi connectivity index (χ1) is 10.6. The van der Waals surface area contributed by atoms with Gasteiger partial charge in [0.2, 0.25) is 0 Å². The van der Waals surface area contributed by atoms with Crippen molar-refractivity contribution in [1.82, 2.24) is 13.6 Å². The lowest BCUT2D eigenvalue weighted by atomic mass is 10.2. The van der Waals surface area contributed by atoms with Crippen LogP contribution >= 0.6 is 23.3 Å². The van der Waals surface area contributed by atoms with E-state index in [-0.39, 0.29) is 31.3 Å². The van der Waals surface area contributed by atoms with Gasteiger partial charge in [-0.15, -0.1) is 0 Å². The predicted octanol–water partition coefficient (Wildman–Crippen LogP) is 2.40. The molecule has 6 nitrogen and oxygen atoms in total. The SMILES string of the molecule is CCOC(=O)CN(Cc1ccc(Cl)cc1)C(=O)c1cnsn1. The molecule has 0 aliphatic heterocycles. The maximum atomic E-state index is 12.4. The maximum Gasteiger partial charge on any atom is 0.325 e. The smallest absolute Gasteiger partial charge is 0.325 e. The summed E-state index contributed by atoms with van der Waals surface area (Å²) < 4.78 is 12.6. The lowest BCUT2D eigenvalue weighted by Crippen LogP contribution is -2.36. The third-order valence-corrected chi connectivity index (χ3v) is 3.51. The van der Waals surface area contributed by atoms with Crippen LogP contribution in [0.3, 0.4) is 0 Å². The van der Waals surface area contributed by atoms with Crippen LogP contribution in [0.1, 0.15) is 23.0 Å². The zero-order valence-corrected chi connectivity index (χ0v) is 13.4. The first-order valence-corrected chi connectivity index (χ1v) is 7.68. The minimum Gasteiger partial charge on any atom is -0.465 e. The second-order valence-corrected chi connectivity index (χ2v) is 5.38. The average molecular weight is 340 g/mol. The molecule has 0 bridgehead atoms. The quantitative estimate of drug-likeness (QED) is 0.756. The molecule has 116 valence electrons. The molecule has 0 radical (unpaired) electrons. The summed E-state index contributed by atoms with van der Waals surface area (Å²) in [6.07, 6.45) is 1.38. The second kappa shape index (κ2) is 7.86. The minimum absolute atomic E-state index is 0.146. The summed E-state index contributed by atoms with van der Waals surface area (Å²) in [4.78, 5) is 25.5. The van der Waals surface area contributed by atoms with E-state index in [1.54, 1.807) is 31.2 Å². The number of amides is 1. The molecular weight excluding hydrogens is 326 g/mol. The van der Waals surface area contributed by atoms with E-state index in [0.29, 0.717) is 5.02 Å². The Bertz CT molecular complexity index is 631. The number of halogens is 1. The number of carbonyl (C=O) groups is 2. The molecule has 0 saturated heterocycles. The molecule has 0 N–H and O–H groups in total. The van der Waals surface area contributed by atoms with Gasteiger partial charge >= 0.3 is 5.97 Å². The summed E-state index contributed by atoms with van der Waals surface area (Å²) in [5, 5.41) is 0.607. The van der Waals surface area contributed by atoms with Crippen LogP contribution in [0.25, 0.3) is 0 Å². The zero-order valence-electron chi connectivity index (χ0n) is 11.9. The third kappa shape index (κ3) is 4.51. The Hall–Kier alpha value is -1.99. The number of rotatable bonds is 6. The fourth-order valence-corrected chi connectivity index (χ4v) is 2.33. The normalized spacial score (nSPS) is 10.3. The molecule has 0 atom stereocenters. The molecule has 22 heavy (non-hydrogen) atoms. The van der Waals surface area contributed by atoms with Gasteiger partial charge in [-0.05, 0) is 24.6 Å². The van der Waals surface area contributed by atoms with Crippen LogP contribution in [0, 0.1) is 0 Å². The van der Waals surface area contributed by atoms with Crippen LogP contribution < -0.4 is 0 Å². The summed E-state index contributed by atoms with van der Waals surface area (Å²) in [6, 6.07) is 7.06. The molecule has 2 aromatic rings. The summed E-state index contributed by atoms with van der Waals surface area (Å²) in [6.45, 7) is 2.09. The van der Waals surface area contributed by atoms with Crippen molar-refractivity contribution in [3.8, 4) is 0 Å². The highest BCUT2D eigenvalue weighted by molar-refractivity contribution is 6.99. The van der Waals surface area contributed by atoms with Crippen molar-refractivity contribution in [3.05, 3.63) is 46.7 Å². The fraction of sp³-hybridized carbons (Fsp3) is 0.286. The van der Waals surface area contributed by atoms with Crippen LogP contribution in [0.5, 0.6) is 0 Å². The standard InChI is InChI=1S/C14H14ClN3O3S/c1-2-21-13(19)9-18(14(20)12-7-16-22-17-12)8-10-3-5-11(15)6-4-10/h3-7H,2,8-9H2,1H3. The Morgan fingerprint density at radius 3 is 2.64 bits per heavy atom. The van der Waals surface area contributed by atoms with Crippen LogP contribution in [0.15, 0.2) is 30.5 Å². The number of aromatic nitrogens is 2. The Balaban J connectivity index is 2.15. The van der Waals surface area contributed by atoms with Crippen LogP contribution in [0.2, 0.25) is 5.02 Å². The highest BCUT2D eigenvalue weighted by atomic mass is 35.5. The van der Waals surface area contributed by atoms with Gasteiger partial charge in [0, 0.05) is 11.6 Å². The summed E-state index contributed by atoms with van der Waals surface area (Å²) in [5.41, 5.74) is 1.06. The van der Waals surface area contributed by atoms with E-state index in [1.807, 2.05) is 0 Å². The van der Waals surface area contributed by atoms with Crippen molar-refractivity contribution in [1.29, 1.82) is 0 Å². The van der Waals surface area contributed by atoms with Gasteiger partial charge in [0.1, 0.15) is 6.54 Å². The predicted molar refractivity (Wildman–Crippen MR) is 82.7 cm³/mol. The lowest BCUT2D eigenvalue weighted by molar-refractivity contribution is -0.143. The van der Waals surface area contributed by atoms with Crippen molar-refractivity contribution < 1.29 is 14.3 Å². The number of nitrogens with zero attached hydrogens (tertiary/aromatic N) is 3. The molecule has 1 amide bonds. The lowest BCUT2D eigenvalue weighted by Gasteiger charge is -2.20. The average Bonchev–Trinajstić information content (AvgIpc) is 3.02. The third-order valence-electron chi connectivity index (χ3n) is 2.78. The van der Waals surface area contributed by atoms with Gasteiger partial charge in [0.25, 0.3) is 5.91 Å². The molecule has 8 heteroatoms. The molecule has 0 unspecified atom stereocenters. The highest BCUT2D eigenvalue weighted by Crippen LogP contribution is 2.13. The Kier molecular flexibility index (Phi) is 5.85. The van der Waals surface area contributed by atoms with Gasteiger partial charge < -0.3 is 9.64 Å². The van der Waals surface area contributed by atoms with E-state index in [2.05, 4.69) is 8.75 Å². The number of benzene rings is 1. The van der Waals surface area contributed by atoms with Crippen LogP contribution in [-0.2, 0) is 16.1 Å². The van der Waals surface area contributed by atoms with Gasteiger partial charge in [-0.1, -0.05) is 23.7 Å². The maximum absolute atomic E-state index is 12.4. The van der Waals surface area contributed by atoms with Crippen molar-refractivity contribution in [2.75, 3.05) is 13.2 Å². The molecule has 0 saturated carbocycles. The Morgan fingerprint density at radius 2 is 2.05 bits per heavy atom. The van der Waals surface area contributed by atoms with E-state index in [0.717, 1.165) is 17.3 Å². The van der Waals surface area contributed by atoms with Crippen LogP contribution in [-0.4, -0.2) is 38.7 Å². The monoisotopic (exact) mass is 339 g/mol. The Labute approximate surface area is 137 Å². The molecule has 0 fully saturated rings. The molecule has 1 heterocycles. The van der Waals surface area contributed by atoms with E-state index in [1.165, 1.54) is 11.1 Å². The number of ether oxygens (including phenoxy) is 1.